The molecule has 2 aromatic heterocycles. The minimum Gasteiger partial charge on any atom is -0.348 e. The van der Waals surface area contributed by atoms with Gasteiger partial charge in [-0.05, 0) is 16.7 Å². The second-order valence-electron chi connectivity index (χ2n) is 6.18. The zero-order valence-corrected chi connectivity index (χ0v) is 16.2. The molecule has 0 bridgehead atoms. The van der Waals surface area contributed by atoms with E-state index in [2.05, 4.69) is 56.5 Å². The summed E-state index contributed by atoms with van der Waals surface area (Å²) in [5.74, 6) is 1.07. The van der Waals surface area contributed by atoms with E-state index in [4.69, 9.17) is 10.3 Å². The molecule has 144 valence electrons. The number of aromatic amines is 1. The summed E-state index contributed by atoms with van der Waals surface area (Å²) in [5.41, 5.74) is 10.6. The van der Waals surface area contributed by atoms with E-state index < -0.39 is 0 Å². The fourth-order valence-electron chi connectivity index (χ4n) is 2.84. The Kier molecular flexibility index (Phi) is 6.70. The van der Waals surface area contributed by atoms with Crippen molar-refractivity contribution in [3.05, 3.63) is 90.1 Å². The van der Waals surface area contributed by atoms with E-state index in [0.717, 1.165) is 11.3 Å². The van der Waals surface area contributed by atoms with Crippen LogP contribution in [-0.2, 0) is 12.8 Å². The van der Waals surface area contributed by atoms with Gasteiger partial charge in [-0.15, -0.1) is 0 Å². The first-order valence-corrected chi connectivity index (χ1v) is 9.47. The van der Waals surface area contributed by atoms with E-state index in [1.807, 2.05) is 32.0 Å². The molecule has 0 aliphatic heterocycles. The second kappa shape index (κ2) is 9.62. The van der Waals surface area contributed by atoms with E-state index >= 15 is 0 Å². The summed E-state index contributed by atoms with van der Waals surface area (Å²) in [6, 6.07) is 18.3. The zero-order valence-electron chi connectivity index (χ0n) is 16.2. The number of H-pyrrole nitrogens is 1. The van der Waals surface area contributed by atoms with Crippen LogP contribution in [0.15, 0.2) is 71.6 Å². The Hall–Kier alpha value is -3.25. The van der Waals surface area contributed by atoms with Crippen molar-refractivity contribution in [3.63, 3.8) is 0 Å². The third-order valence-corrected chi connectivity index (χ3v) is 4.22. The number of aromatic nitrogens is 4. The average Bonchev–Trinajstić information content (AvgIpc) is 3.43. The molecule has 0 fully saturated rings. The van der Waals surface area contributed by atoms with E-state index in [1.54, 1.807) is 12.5 Å². The Morgan fingerprint density at radius 2 is 1.71 bits per heavy atom. The first kappa shape index (κ1) is 19.5. The molecule has 0 radical (unpaired) electrons. The Labute approximate surface area is 164 Å². The van der Waals surface area contributed by atoms with Crippen LogP contribution in [-0.4, -0.2) is 20.1 Å². The van der Waals surface area contributed by atoms with Crippen LogP contribution in [0.3, 0.4) is 0 Å². The van der Waals surface area contributed by atoms with Gasteiger partial charge in [-0.25, -0.2) is 4.98 Å². The van der Waals surface area contributed by atoms with Gasteiger partial charge in [-0.3, -0.25) is 0 Å². The lowest BCUT2D eigenvalue weighted by molar-refractivity contribution is 0.350. The van der Waals surface area contributed by atoms with Crippen molar-refractivity contribution < 1.29 is 4.52 Å². The van der Waals surface area contributed by atoms with E-state index in [0.29, 0.717) is 24.6 Å². The molecular weight excluding hydrogens is 350 g/mol. The molecule has 0 saturated carbocycles. The van der Waals surface area contributed by atoms with Gasteiger partial charge in [0.15, 0.2) is 5.82 Å². The third-order valence-electron chi connectivity index (χ3n) is 4.22. The number of rotatable bonds is 6. The minimum absolute atomic E-state index is 0.350. The number of benzene rings is 2. The van der Waals surface area contributed by atoms with Crippen molar-refractivity contribution in [2.24, 2.45) is 5.73 Å². The molecule has 3 N–H and O–H groups in total. The highest BCUT2D eigenvalue weighted by atomic mass is 16.5. The summed E-state index contributed by atoms with van der Waals surface area (Å²) < 4.78 is 5.32. The van der Waals surface area contributed by atoms with Gasteiger partial charge in [0.2, 0.25) is 5.89 Å². The van der Waals surface area contributed by atoms with Gasteiger partial charge in [-0.2, -0.15) is 4.98 Å². The van der Waals surface area contributed by atoms with Crippen molar-refractivity contribution in [2.75, 3.05) is 0 Å². The molecule has 6 nitrogen and oxygen atoms in total. The van der Waals surface area contributed by atoms with Gasteiger partial charge in [-0.1, -0.05) is 73.6 Å². The Morgan fingerprint density at radius 3 is 2.39 bits per heavy atom. The fourth-order valence-corrected chi connectivity index (χ4v) is 2.84. The maximum atomic E-state index is 6.13. The lowest BCUT2D eigenvalue weighted by atomic mass is 10.0. The molecule has 6 heteroatoms. The van der Waals surface area contributed by atoms with Crippen molar-refractivity contribution in [1.82, 2.24) is 20.1 Å². The van der Waals surface area contributed by atoms with Crippen LogP contribution >= 0.6 is 0 Å². The van der Waals surface area contributed by atoms with Crippen LogP contribution < -0.4 is 5.73 Å². The molecule has 0 spiro atoms. The first-order valence-electron chi connectivity index (χ1n) is 9.47. The predicted octanol–water partition coefficient (Wildman–Crippen LogP) is 4.32. The molecule has 4 rings (SSSR count). The smallest absolute Gasteiger partial charge is 0.243 e. The predicted molar refractivity (Wildman–Crippen MR) is 110 cm³/mol. The number of nitrogens with two attached hydrogens (primary N) is 1. The Bertz CT molecular complexity index is 946. The van der Waals surface area contributed by atoms with Crippen molar-refractivity contribution in [2.45, 2.75) is 32.7 Å². The largest absolute Gasteiger partial charge is 0.348 e. The van der Waals surface area contributed by atoms with Gasteiger partial charge in [0.25, 0.3) is 0 Å². The summed E-state index contributed by atoms with van der Waals surface area (Å²) in [6.45, 7) is 4.00. The quantitative estimate of drug-likeness (QED) is 0.523. The van der Waals surface area contributed by atoms with Gasteiger partial charge < -0.3 is 15.2 Å². The Balaban J connectivity index is 0.00000109. The molecule has 1 unspecified atom stereocenters. The fraction of sp³-hybridized carbons (Fsp3) is 0.227. The molecule has 4 aromatic rings. The van der Waals surface area contributed by atoms with E-state index in [1.165, 1.54) is 11.1 Å². The highest BCUT2D eigenvalue weighted by Crippen LogP contribution is 2.20. The molecule has 0 amide bonds. The average molecular weight is 375 g/mol. The molecule has 0 aliphatic rings. The standard InChI is InChI=1S/C20H19N5O.C2H6/c21-18(11-17-12-22-13-23-17)20-24-19(25-26-20)10-14-6-8-16(9-7-14)15-4-2-1-3-5-15;1-2/h1-9,12-13,18H,10-11,21H2,(H,22,23);1-2H3. The van der Waals surface area contributed by atoms with Crippen LogP contribution in [0.4, 0.5) is 0 Å². The van der Waals surface area contributed by atoms with Crippen LogP contribution in [0.2, 0.25) is 0 Å². The van der Waals surface area contributed by atoms with E-state index in [-0.39, 0.29) is 6.04 Å². The van der Waals surface area contributed by atoms with Crippen LogP contribution in [0.1, 0.15) is 42.9 Å². The first-order chi connectivity index (χ1) is 13.8. The number of hydrogen-bond acceptors (Lipinski definition) is 5. The molecular formula is C22H25N5O. The Morgan fingerprint density at radius 1 is 1.00 bits per heavy atom. The second-order valence-corrected chi connectivity index (χ2v) is 6.18. The normalized spacial score (nSPS) is 11.5. The van der Waals surface area contributed by atoms with Gasteiger partial charge in [0, 0.05) is 24.7 Å². The number of nitrogens with zero attached hydrogens (tertiary/aromatic N) is 3. The van der Waals surface area contributed by atoms with Gasteiger partial charge in [0.05, 0.1) is 12.4 Å². The number of imidazole rings is 1. The summed E-state index contributed by atoms with van der Waals surface area (Å²) in [4.78, 5) is 11.4. The molecule has 2 heterocycles. The molecule has 0 saturated heterocycles. The van der Waals surface area contributed by atoms with Crippen molar-refractivity contribution >= 4 is 0 Å². The molecule has 1 atom stereocenters. The van der Waals surface area contributed by atoms with Crippen molar-refractivity contribution in [3.8, 4) is 11.1 Å². The summed E-state index contributed by atoms with van der Waals surface area (Å²) in [7, 11) is 0. The zero-order chi connectivity index (χ0) is 19.8. The van der Waals surface area contributed by atoms with Crippen molar-refractivity contribution in [1.29, 1.82) is 0 Å². The maximum absolute atomic E-state index is 6.13. The molecule has 2 aromatic carbocycles. The third kappa shape index (κ3) is 4.92. The summed E-state index contributed by atoms with van der Waals surface area (Å²) >= 11 is 0. The van der Waals surface area contributed by atoms with Crippen LogP contribution in [0.5, 0.6) is 0 Å². The summed E-state index contributed by atoms with van der Waals surface area (Å²) in [5, 5.41) is 4.05. The molecule has 28 heavy (non-hydrogen) atoms. The van der Waals surface area contributed by atoms with E-state index in [9.17, 15) is 0 Å². The summed E-state index contributed by atoms with van der Waals surface area (Å²) in [6.07, 6.45) is 4.55. The SMILES string of the molecule is CC.NC(Cc1cnc[nH]1)c1nc(Cc2ccc(-c3ccccc3)cc2)no1. The van der Waals surface area contributed by atoms with Gasteiger partial charge in [0.1, 0.15) is 0 Å². The lowest BCUT2D eigenvalue weighted by Crippen LogP contribution is -2.14. The maximum Gasteiger partial charge on any atom is 0.243 e. The van der Waals surface area contributed by atoms with Crippen LogP contribution in [0.25, 0.3) is 11.1 Å². The van der Waals surface area contributed by atoms with Gasteiger partial charge >= 0.3 is 0 Å². The monoisotopic (exact) mass is 375 g/mol. The number of hydrogen-bond donors (Lipinski definition) is 2. The van der Waals surface area contributed by atoms with Crippen LogP contribution in [0, 0.1) is 0 Å². The highest BCUT2D eigenvalue weighted by molar-refractivity contribution is 5.63. The minimum atomic E-state index is -0.350. The topological polar surface area (TPSA) is 93.6 Å². The molecule has 0 aliphatic carbocycles. The lowest BCUT2D eigenvalue weighted by Gasteiger charge is -2.04. The number of nitrogens with one attached hydrogen (secondary N) is 1. The highest BCUT2D eigenvalue weighted by Gasteiger charge is 2.16.